The molecule has 3 aromatic rings. The number of para-hydroxylation sites is 1. The van der Waals surface area contributed by atoms with Gasteiger partial charge in [0.15, 0.2) is 0 Å². The minimum absolute atomic E-state index is 0.0102. The number of carbonyl (C=O) groups is 1. The molecule has 6 nitrogen and oxygen atoms in total. The average molecular weight is 300 g/mol. The molecule has 22 heavy (non-hydrogen) atoms. The number of nitrogens with one attached hydrogen (secondary N) is 1. The Kier molecular flexibility index (Phi) is 3.46. The summed E-state index contributed by atoms with van der Waals surface area (Å²) in [5, 5.41) is 17.7. The van der Waals surface area contributed by atoms with Crippen LogP contribution in [0.15, 0.2) is 45.5 Å². The molecule has 0 fully saturated rings. The minimum Gasteiger partial charge on any atom is -0.458 e. The standard InChI is InChI=1S/C16H16N2O4/c1-10-12(8-18-22-10)15(19)17-9-16(2,20)14-7-11-5-3-4-6-13(11)21-14/h3-8,20H,9H2,1-2H3,(H,17,19). The number of hydrogen-bond acceptors (Lipinski definition) is 5. The highest BCUT2D eigenvalue weighted by Gasteiger charge is 2.28. The van der Waals surface area contributed by atoms with E-state index in [1.807, 2.05) is 24.3 Å². The first-order valence-corrected chi connectivity index (χ1v) is 6.88. The number of hydrogen-bond donors (Lipinski definition) is 2. The zero-order chi connectivity index (χ0) is 15.7. The largest absolute Gasteiger partial charge is 0.458 e. The molecule has 2 heterocycles. The third-order valence-electron chi connectivity index (χ3n) is 3.54. The average Bonchev–Trinajstić information content (AvgIpc) is 3.11. The molecule has 0 aliphatic rings. The van der Waals surface area contributed by atoms with E-state index in [1.54, 1.807) is 19.9 Å². The molecule has 1 amide bonds. The van der Waals surface area contributed by atoms with Gasteiger partial charge in [0.2, 0.25) is 0 Å². The summed E-state index contributed by atoms with van der Waals surface area (Å²) in [6.45, 7) is 3.25. The molecule has 2 aromatic heterocycles. The van der Waals surface area contributed by atoms with Gasteiger partial charge in [0.25, 0.3) is 5.91 Å². The molecule has 0 saturated carbocycles. The Morgan fingerprint density at radius 3 is 2.86 bits per heavy atom. The minimum atomic E-state index is -1.32. The number of fused-ring (bicyclic) bond motifs is 1. The smallest absolute Gasteiger partial charge is 0.256 e. The van der Waals surface area contributed by atoms with Gasteiger partial charge in [-0.3, -0.25) is 4.79 Å². The number of nitrogens with zero attached hydrogens (tertiary/aromatic N) is 1. The first kappa shape index (κ1) is 14.3. The normalized spacial score (nSPS) is 14.0. The van der Waals surface area contributed by atoms with Gasteiger partial charge in [-0.05, 0) is 26.0 Å². The zero-order valence-corrected chi connectivity index (χ0v) is 12.3. The van der Waals surface area contributed by atoms with Crippen molar-refractivity contribution in [2.24, 2.45) is 0 Å². The summed E-state index contributed by atoms with van der Waals surface area (Å²) in [5.41, 5.74) is -0.279. The van der Waals surface area contributed by atoms with Gasteiger partial charge in [0.1, 0.15) is 28.3 Å². The van der Waals surface area contributed by atoms with E-state index in [0.29, 0.717) is 22.7 Å². The van der Waals surface area contributed by atoms with Crippen LogP contribution in [-0.4, -0.2) is 22.7 Å². The number of amides is 1. The van der Waals surface area contributed by atoms with Crippen LogP contribution in [0.25, 0.3) is 11.0 Å². The Morgan fingerprint density at radius 2 is 2.18 bits per heavy atom. The zero-order valence-electron chi connectivity index (χ0n) is 12.3. The van der Waals surface area contributed by atoms with Crippen LogP contribution in [0, 0.1) is 6.92 Å². The lowest BCUT2D eigenvalue weighted by atomic mass is 10.0. The van der Waals surface area contributed by atoms with Crippen molar-refractivity contribution in [2.45, 2.75) is 19.4 Å². The van der Waals surface area contributed by atoms with E-state index < -0.39 is 5.60 Å². The SMILES string of the molecule is Cc1oncc1C(=O)NCC(C)(O)c1cc2ccccc2o1. The lowest BCUT2D eigenvalue weighted by molar-refractivity contribution is 0.0344. The molecule has 0 aliphatic heterocycles. The molecule has 6 heteroatoms. The predicted octanol–water partition coefficient (Wildman–Crippen LogP) is 2.37. The van der Waals surface area contributed by atoms with Crippen molar-refractivity contribution < 1.29 is 18.8 Å². The molecule has 0 aliphatic carbocycles. The molecule has 114 valence electrons. The van der Waals surface area contributed by atoms with Gasteiger partial charge >= 0.3 is 0 Å². The van der Waals surface area contributed by atoms with Gasteiger partial charge in [-0.1, -0.05) is 23.4 Å². The van der Waals surface area contributed by atoms with E-state index >= 15 is 0 Å². The number of aryl methyl sites for hydroxylation is 1. The van der Waals surface area contributed by atoms with Gasteiger partial charge in [-0.15, -0.1) is 0 Å². The van der Waals surface area contributed by atoms with Crippen LogP contribution in [-0.2, 0) is 5.60 Å². The number of benzene rings is 1. The van der Waals surface area contributed by atoms with Crippen molar-refractivity contribution in [3.8, 4) is 0 Å². The molecule has 1 aromatic carbocycles. The Morgan fingerprint density at radius 1 is 1.41 bits per heavy atom. The summed E-state index contributed by atoms with van der Waals surface area (Å²) in [7, 11) is 0. The fraction of sp³-hybridized carbons (Fsp3) is 0.250. The fourth-order valence-electron chi connectivity index (χ4n) is 2.20. The Labute approximate surface area is 126 Å². The first-order valence-electron chi connectivity index (χ1n) is 6.88. The second-order valence-electron chi connectivity index (χ2n) is 5.40. The van der Waals surface area contributed by atoms with Crippen LogP contribution in [0.1, 0.15) is 28.8 Å². The van der Waals surface area contributed by atoms with Crippen LogP contribution in [0.3, 0.4) is 0 Å². The van der Waals surface area contributed by atoms with Gasteiger partial charge in [0.05, 0.1) is 12.7 Å². The Balaban J connectivity index is 1.75. The van der Waals surface area contributed by atoms with Crippen LogP contribution >= 0.6 is 0 Å². The summed E-state index contributed by atoms with van der Waals surface area (Å²) >= 11 is 0. The van der Waals surface area contributed by atoms with Crippen LogP contribution in [0.5, 0.6) is 0 Å². The van der Waals surface area contributed by atoms with Crippen molar-refractivity contribution in [1.82, 2.24) is 10.5 Å². The van der Waals surface area contributed by atoms with Crippen molar-refractivity contribution in [1.29, 1.82) is 0 Å². The Hall–Kier alpha value is -2.60. The van der Waals surface area contributed by atoms with E-state index in [0.717, 1.165) is 5.39 Å². The first-order chi connectivity index (χ1) is 10.5. The maximum Gasteiger partial charge on any atom is 0.256 e. The van der Waals surface area contributed by atoms with Gasteiger partial charge in [-0.25, -0.2) is 0 Å². The third-order valence-corrected chi connectivity index (χ3v) is 3.54. The number of aliphatic hydroxyl groups is 1. The van der Waals surface area contributed by atoms with Crippen molar-refractivity contribution in [3.63, 3.8) is 0 Å². The molecule has 0 bridgehead atoms. The monoisotopic (exact) mass is 300 g/mol. The molecule has 1 unspecified atom stereocenters. The Bertz CT molecular complexity index is 783. The lowest BCUT2D eigenvalue weighted by Gasteiger charge is -2.20. The molecule has 1 atom stereocenters. The van der Waals surface area contributed by atoms with E-state index in [4.69, 9.17) is 8.94 Å². The van der Waals surface area contributed by atoms with E-state index in [2.05, 4.69) is 10.5 Å². The third kappa shape index (κ3) is 2.60. The highest BCUT2D eigenvalue weighted by Crippen LogP contribution is 2.27. The van der Waals surface area contributed by atoms with Crippen LogP contribution < -0.4 is 5.32 Å². The summed E-state index contributed by atoms with van der Waals surface area (Å²) in [4.78, 5) is 12.0. The van der Waals surface area contributed by atoms with Crippen molar-refractivity contribution >= 4 is 16.9 Å². The van der Waals surface area contributed by atoms with E-state index in [-0.39, 0.29) is 12.5 Å². The highest BCUT2D eigenvalue weighted by atomic mass is 16.5. The molecule has 0 saturated heterocycles. The fourth-order valence-corrected chi connectivity index (χ4v) is 2.20. The topological polar surface area (TPSA) is 88.5 Å². The van der Waals surface area contributed by atoms with E-state index in [1.165, 1.54) is 6.20 Å². The van der Waals surface area contributed by atoms with Gasteiger partial charge in [-0.2, -0.15) is 0 Å². The molecule has 3 rings (SSSR count). The van der Waals surface area contributed by atoms with Crippen LogP contribution in [0.2, 0.25) is 0 Å². The van der Waals surface area contributed by atoms with Crippen LogP contribution in [0.4, 0.5) is 0 Å². The summed E-state index contributed by atoms with van der Waals surface area (Å²) in [6.07, 6.45) is 1.35. The molecule has 2 N–H and O–H groups in total. The summed E-state index contributed by atoms with van der Waals surface area (Å²) in [6, 6.07) is 9.26. The van der Waals surface area contributed by atoms with Gasteiger partial charge in [0, 0.05) is 5.39 Å². The summed E-state index contributed by atoms with van der Waals surface area (Å²) in [5.74, 6) is 0.479. The maximum absolute atomic E-state index is 12.0. The lowest BCUT2D eigenvalue weighted by Crippen LogP contribution is -2.38. The molecular weight excluding hydrogens is 284 g/mol. The number of furan rings is 1. The molecule has 0 spiro atoms. The second kappa shape index (κ2) is 5.31. The highest BCUT2D eigenvalue weighted by molar-refractivity contribution is 5.94. The van der Waals surface area contributed by atoms with Gasteiger partial charge < -0.3 is 19.4 Å². The molecular formula is C16H16N2O4. The number of aromatic nitrogens is 1. The second-order valence-corrected chi connectivity index (χ2v) is 5.40. The molecule has 0 radical (unpaired) electrons. The van der Waals surface area contributed by atoms with E-state index in [9.17, 15) is 9.90 Å². The maximum atomic E-state index is 12.0. The quantitative estimate of drug-likeness (QED) is 0.772. The summed E-state index contributed by atoms with van der Waals surface area (Å²) < 4.78 is 10.5. The van der Waals surface area contributed by atoms with Crippen molar-refractivity contribution in [2.75, 3.05) is 6.54 Å². The number of carbonyl (C=O) groups excluding carboxylic acids is 1. The number of rotatable bonds is 4. The predicted molar refractivity (Wildman–Crippen MR) is 79.4 cm³/mol. The van der Waals surface area contributed by atoms with Crippen molar-refractivity contribution in [3.05, 3.63) is 53.6 Å².